The summed E-state index contributed by atoms with van der Waals surface area (Å²) >= 11 is 0. The van der Waals surface area contributed by atoms with Crippen LogP contribution in [-0.2, 0) is 91.0 Å². The van der Waals surface area contributed by atoms with Crippen LogP contribution >= 0.6 is 0 Å². The van der Waals surface area contributed by atoms with Crippen molar-refractivity contribution in [1.82, 2.24) is 69.1 Å². The predicted octanol–water partition coefficient (Wildman–Crippen LogP) is -1.71. The van der Waals surface area contributed by atoms with Gasteiger partial charge in [-0.2, -0.15) is 0 Å². The summed E-state index contributed by atoms with van der Waals surface area (Å²) in [6, 6.07) is -18.3. The number of ether oxygens (including phenoxy) is 1. The maximum atomic E-state index is 14.8. The van der Waals surface area contributed by atoms with E-state index in [1.807, 2.05) is 20.8 Å². The Labute approximate surface area is 687 Å². The summed E-state index contributed by atoms with van der Waals surface area (Å²) in [6.07, 6.45) is -3.72. The Kier molecular flexibility index (Phi) is 51.2. The van der Waals surface area contributed by atoms with E-state index in [1.54, 1.807) is 83.1 Å². The molecule has 0 spiro atoms. The molecule has 0 fully saturated rings. The summed E-state index contributed by atoms with van der Waals surface area (Å²) in [7, 11) is 0. The van der Waals surface area contributed by atoms with Gasteiger partial charge in [0.05, 0.1) is 6.04 Å². The fourth-order valence-electron chi connectivity index (χ4n) is 12.1. The Balaban J connectivity index is 7.45. The smallest absolute Gasteiger partial charge is 0.306 e. The Hall–Kier alpha value is -9.66. The fraction of sp³-hybridized carbons (Fsp3) is 0.769. The number of primary amides is 4. The van der Waals surface area contributed by atoms with Crippen LogP contribution in [0.25, 0.3) is 0 Å². The van der Waals surface area contributed by atoms with Crippen LogP contribution in [0.3, 0.4) is 0 Å². The summed E-state index contributed by atoms with van der Waals surface area (Å²) in [5.41, 5.74) is 27.6. The van der Waals surface area contributed by atoms with Gasteiger partial charge in [0, 0.05) is 51.1 Å². The van der Waals surface area contributed by atoms with Crippen LogP contribution in [-0.4, -0.2) is 215 Å². The number of carboxylic acid groups (broad SMARTS) is 1. The zero-order valence-electron chi connectivity index (χ0n) is 71.6. The Morgan fingerprint density at radius 3 is 1.00 bits per heavy atom. The number of aliphatic hydroxyl groups excluding tert-OH is 1. The van der Waals surface area contributed by atoms with Gasteiger partial charge in [0.1, 0.15) is 79.3 Å². The second-order valence-corrected chi connectivity index (χ2v) is 33.0. The molecular formula is C78H140N18O21. The zero-order chi connectivity index (χ0) is 89.8. The highest BCUT2D eigenvalue weighted by atomic mass is 16.5. The minimum Gasteiger partial charge on any atom is -0.481 e. The molecule has 0 aliphatic rings. The molecule has 15 atom stereocenters. The molecule has 39 heteroatoms. The fourth-order valence-corrected chi connectivity index (χ4v) is 12.1. The number of carbonyl (C=O) groups excluding carboxylic acids is 17. The number of hydrogen-bond acceptors (Lipinski definition) is 22. The summed E-state index contributed by atoms with van der Waals surface area (Å²) in [6.45, 7) is 28.2. The highest BCUT2D eigenvalue weighted by Gasteiger charge is 2.39. The molecule has 0 aromatic heterocycles. The van der Waals surface area contributed by atoms with Crippen LogP contribution in [0.5, 0.6) is 0 Å². The minimum atomic E-state index is -1.86. The quantitative estimate of drug-likeness (QED) is 0.0238. The van der Waals surface area contributed by atoms with Crippen molar-refractivity contribution < 1.29 is 101 Å². The lowest BCUT2D eigenvalue weighted by atomic mass is 9.98. The van der Waals surface area contributed by atoms with Crippen LogP contribution in [0.15, 0.2) is 0 Å². The lowest BCUT2D eigenvalue weighted by Gasteiger charge is -2.30. The number of aliphatic carboxylic acids is 1. The van der Waals surface area contributed by atoms with Crippen molar-refractivity contribution in [2.75, 3.05) is 13.2 Å². The normalized spacial score (nSPS) is 15.3. The van der Waals surface area contributed by atoms with E-state index < -0.39 is 242 Å². The molecule has 0 aromatic rings. The molecule has 668 valence electrons. The number of aliphatic hydroxyl groups is 1. The first-order valence-corrected chi connectivity index (χ1v) is 40.7. The molecule has 0 aliphatic carbocycles. The first kappa shape index (κ1) is 107. The molecule has 39 nitrogen and oxygen atoms in total. The maximum Gasteiger partial charge on any atom is 0.306 e. The lowest BCUT2D eigenvalue weighted by molar-refractivity contribution is -0.148. The van der Waals surface area contributed by atoms with Gasteiger partial charge >= 0.3 is 11.9 Å². The molecule has 0 heterocycles. The van der Waals surface area contributed by atoms with Crippen LogP contribution in [0.1, 0.15) is 240 Å². The molecule has 0 saturated carbocycles. The van der Waals surface area contributed by atoms with Gasteiger partial charge in [-0.05, 0) is 124 Å². The van der Waals surface area contributed by atoms with Gasteiger partial charge in [-0.25, -0.2) is 0 Å². The number of amides is 16. The van der Waals surface area contributed by atoms with Gasteiger partial charge in [0.2, 0.25) is 94.5 Å². The Morgan fingerprint density at radius 1 is 0.342 bits per heavy atom. The molecule has 16 amide bonds. The number of rotatable bonds is 61. The van der Waals surface area contributed by atoms with Crippen LogP contribution in [0.4, 0.5) is 0 Å². The second kappa shape index (κ2) is 55.9. The van der Waals surface area contributed by atoms with Gasteiger partial charge in [0.25, 0.3) is 0 Å². The average molecular weight is 1670 g/mol. The van der Waals surface area contributed by atoms with E-state index in [4.69, 9.17) is 33.4 Å². The number of hydrogen-bond donors (Lipinski definition) is 20. The molecule has 0 bridgehead atoms. The van der Waals surface area contributed by atoms with Crippen molar-refractivity contribution in [3.05, 3.63) is 0 Å². The Morgan fingerprint density at radius 2 is 0.658 bits per heavy atom. The first-order valence-electron chi connectivity index (χ1n) is 40.7. The minimum absolute atomic E-state index is 0.0202. The Bertz CT molecular complexity index is 3280. The summed E-state index contributed by atoms with van der Waals surface area (Å²) < 4.78 is 5.55. The molecule has 117 heavy (non-hydrogen) atoms. The number of nitrogens with two attached hydrogens (primary N) is 5. The maximum absolute atomic E-state index is 14.8. The zero-order valence-corrected chi connectivity index (χ0v) is 71.6. The molecule has 1 unspecified atom stereocenters. The second-order valence-electron chi connectivity index (χ2n) is 33.0. The number of nitrogens with one attached hydrogen (secondary N) is 13. The van der Waals surface area contributed by atoms with E-state index in [0.717, 1.165) is 0 Å². The van der Waals surface area contributed by atoms with Crippen LogP contribution in [0.2, 0.25) is 0 Å². The third-order valence-corrected chi connectivity index (χ3v) is 18.6. The highest BCUT2D eigenvalue weighted by molar-refractivity contribution is 6.00. The molecule has 0 aromatic carbocycles. The molecule has 25 N–H and O–H groups in total. The highest BCUT2D eigenvalue weighted by Crippen LogP contribution is 2.18. The standard InChI is InChI=1S/C78H140N18O21/c1-18-20-62(101)86-52(31-39(3)4)71(109)90-51(25-30-63(102)103)68(106)85-47(21-26-58(79)97)37-84-65(44(13)14)77(115)93-55(34-42(9)10)73(111)89-50(24-29-61(82)100)70(108)95-57(38-117-64(104)36-46(17)19-2)76(114)96-66(45(15)16)78(116)94-56(35-43(11)12)74(112)88-49(23-28-60(81)99)69(107)91-54(33-41(7)8)75(113)92-53(32-40(5)6)72(110)87-48(67(83)105)22-27-59(80)98/h39-57,59,65-66,84,98H,18-38,80H2,1-17H3,(H2,79,97)(H2,81,99)(H2,82,100)(H2,83,105)(H,85,106)(H,86,101)(H,87,110)(H,88,112)(H,89,111)(H,90,109)(H,91,107)(H,92,113)(H,93,115)(H,94,116)(H,95,108)(H,96,114)(H,102,103)/t46-,47+,48+,49+,50-,51+,52-,53-,54-,55+,56+,57+,59?,65+,66+/m0/s1. The van der Waals surface area contributed by atoms with Crippen LogP contribution < -0.4 is 97.8 Å². The average Bonchev–Trinajstić information content (AvgIpc) is 0.853. The van der Waals surface area contributed by atoms with Crippen molar-refractivity contribution in [3.8, 4) is 0 Å². The number of esters is 1. The topological polar surface area (TPSA) is 643 Å². The predicted molar refractivity (Wildman–Crippen MR) is 433 cm³/mol. The summed E-state index contributed by atoms with van der Waals surface area (Å²) in [5, 5.41) is 53.6. The van der Waals surface area contributed by atoms with E-state index in [0.29, 0.717) is 12.8 Å². The van der Waals surface area contributed by atoms with Crippen molar-refractivity contribution in [3.63, 3.8) is 0 Å². The lowest BCUT2D eigenvalue weighted by Crippen LogP contribution is -2.62. The van der Waals surface area contributed by atoms with E-state index in [-0.39, 0.29) is 119 Å². The van der Waals surface area contributed by atoms with Gasteiger partial charge < -0.3 is 113 Å². The molecule has 0 aliphatic heterocycles. The largest absolute Gasteiger partial charge is 0.481 e. The number of carbonyl (C=O) groups is 18. The van der Waals surface area contributed by atoms with Gasteiger partial charge in [-0.15, -0.1) is 0 Å². The van der Waals surface area contributed by atoms with Gasteiger partial charge in [-0.1, -0.05) is 124 Å². The molecule has 0 saturated heterocycles. The molecular weight excluding hydrogens is 1520 g/mol. The third-order valence-electron chi connectivity index (χ3n) is 18.6. The number of carboxylic acids is 1. The van der Waals surface area contributed by atoms with Crippen LogP contribution in [0, 0.1) is 47.3 Å². The van der Waals surface area contributed by atoms with E-state index >= 15 is 0 Å². The van der Waals surface area contributed by atoms with Crippen molar-refractivity contribution in [2.45, 2.75) is 324 Å². The SMILES string of the molecule is CCCC(=O)N[C@@H](CC(C)C)C(=O)N[C@H](CCC(=O)O)C(=O)N[C@H](CCC(N)=O)CN[C@@H](C(=O)N[C@H](CC(C)C)C(=O)N[C@@H](CCC(N)=O)C(=O)N[C@H](COC(=O)C[C@@H](C)CC)C(=O)N[C@@H](C(=O)N[C@H](CC(C)C)C(=O)N[C@H](CCC(N)=O)C(=O)N[C@@H](CC(C)C)C(=O)N[C@@H](CC(C)C)C(=O)N[C@H](CCC(N)O)C(N)=O)C(C)C)C(C)C. The third kappa shape index (κ3) is 46.2. The summed E-state index contributed by atoms with van der Waals surface area (Å²) in [4.78, 5) is 245. The van der Waals surface area contributed by atoms with E-state index in [1.165, 1.54) is 13.8 Å². The summed E-state index contributed by atoms with van der Waals surface area (Å²) in [5.74, 6) is -19.0. The molecule has 0 radical (unpaired) electrons. The van der Waals surface area contributed by atoms with Crippen molar-refractivity contribution >= 4 is 106 Å². The monoisotopic (exact) mass is 1670 g/mol. The van der Waals surface area contributed by atoms with E-state index in [9.17, 15) is 96.5 Å². The van der Waals surface area contributed by atoms with Gasteiger partial charge in [-0.3, -0.25) is 86.3 Å². The van der Waals surface area contributed by atoms with Crippen molar-refractivity contribution in [2.24, 2.45) is 76.0 Å². The first-order chi connectivity index (χ1) is 54.4. The van der Waals surface area contributed by atoms with Gasteiger partial charge in [0.15, 0.2) is 0 Å². The van der Waals surface area contributed by atoms with E-state index in [2.05, 4.69) is 69.1 Å². The van der Waals surface area contributed by atoms with Crippen molar-refractivity contribution in [1.29, 1.82) is 0 Å². The molecule has 0 rings (SSSR count).